The maximum Gasteiger partial charge on any atom is 0.254 e. The third-order valence-corrected chi connectivity index (χ3v) is 5.37. The Labute approximate surface area is 162 Å². The lowest BCUT2D eigenvalue weighted by molar-refractivity contribution is 0.0595. The number of benzene rings is 1. The zero-order valence-corrected chi connectivity index (χ0v) is 16.5. The standard InChI is InChI=1S/C22H31N3O2/c1-22(2,27)11-9-18-6-5-7-19(16-18)21(26)25-13-4-3-8-20(25)10-14-24-15-12-23-17-24/h5-7,12,15-17,20,27H,3-4,8-11,13-14H2,1-2H3. The molecule has 0 saturated carbocycles. The quantitative estimate of drug-likeness (QED) is 0.810. The van der Waals surface area contributed by atoms with Crippen molar-refractivity contribution in [1.82, 2.24) is 14.5 Å². The molecule has 1 fully saturated rings. The second-order valence-electron chi connectivity index (χ2n) is 8.25. The van der Waals surface area contributed by atoms with E-state index in [0.717, 1.165) is 49.9 Å². The van der Waals surface area contributed by atoms with Crippen LogP contribution in [0.2, 0.25) is 0 Å². The number of hydrogen-bond donors (Lipinski definition) is 1. The first-order valence-corrected chi connectivity index (χ1v) is 10.0. The van der Waals surface area contributed by atoms with Gasteiger partial charge in [-0.3, -0.25) is 4.79 Å². The molecule has 0 radical (unpaired) electrons. The minimum absolute atomic E-state index is 0.135. The molecule has 27 heavy (non-hydrogen) atoms. The number of nitrogens with zero attached hydrogens (tertiary/aromatic N) is 3. The predicted octanol–water partition coefficient (Wildman–Crippen LogP) is 3.67. The van der Waals surface area contributed by atoms with Crippen molar-refractivity contribution in [3.63, 3.8) is 0 Å². The molecule has 146 valence electrons. The van der Waals surface area contributed by atoms with E-state index in [0.29, 0.717) is 6.42 Å². The lowest BCUT2D eigenvalue weighted by atomic mass is 9.96. The molecule has 1 amide bonds. The first kappa shape index (κ1) is 19.6. The maximum atomic E-state index is 13.2. The summed E-state index contributed by atoms with van der Waals surface area (Å²) in [5.74, 6) is 0.135. The van der Waals surface area contributed by atoms with Crippen LogP contribution < -0.4 is 0 Å². The molecule has 1 aliphatic rings. The van der Waals surface area contributed by atoms with Gasteiger partial charge in [0.25, 0.3) is 5.91 Å². The zero-order valence-electron chi connectivity index (χ0n) is 16.5. The Morgan fingerprint density at radius 3 is 2.93 bits per heavy atom. The van der Waals surface area contributed by atoms with Gasteiger partial charge >= 0.3 is 0 Å². The van der Waals surface area contributed by atoms with Crippen LogP contribution >= 0.6 is 0 Å². The Kier molecular flexibility index (Phi) is 6.32. The fourth-order valence-electron chi connectivity index (χ4n) is 3.76. The molecule has 1 N–H and O–H groups in total. The van der Waals surface area contributed by atoms with Crippen LogP contribution in [-0.4, -0.2) is 43.7 Å². The highest BCUT2D eigenvalue weighted by Gasteiger charge is 2.27. The fraction of sp³-hybridized carbons (Fsp3) is 0.545. The summed E-state index contributed by atoms with van der Waals surface area (Å²) < 4.78 is 2.08. The molecule has 0 aliphatic carbocycles. The molecule has 0 spiro atoms. The maximum absolute atomic E-state index is 13.2. The first-order chi connectivity index (χ1) is 12.9. The topological polar surface area (TPSA) is 58.4 Å². The van der Waals surface area contributed by atoms with Crippen LogP contribution in [0.3, 0.4) is 0 Å². The second-order valence-corrected chi connectivity index (χ2v) is 8.25. The lowest BCUT2D eigenvalue weighted by Crippen LogP contribution is -2.44. The van der Waals surface area contributed by atoms with Crippen molar-refractivity contribution in [2.75, 3.05) is 6.54 Å². The van der Waals surface area contributed by atoms with Gasteiger partial charge in [-0.05, 0) is 70.1 Å². The zero-order chi connectivity index (χ0) is 19.3. The highest BCUT2D eigenvalue weighted by molar-refractivity contribution is 5.94. The van der Waals surface area contributed by atoms with Crippen LogP contribution in [0.25, 0.3) is 0 Å². The number of aromatic nitrogens is 2. The van der Waals surface area contributed by atoms with E-state index in [4.69, 9.17) is 0 Å². The SMILES string of the molecule is CC(C)(O)CCc1cccc(C(=O)N2CCCCC2CCn2ccnc2)c1. The minimum atomic E-state index is -0.689. The number of carbonyl (C=O) groups excluding carboxylic acids is 1. The molecule has 1 aliphatic heterocycles. The van der Waals surface area contributed by atoms with Crippen LogP contribution in [0.1, 0.15) is 61.9 Å². The summed E-state index contributed by atoms with van der Waals surface area (Å²) in [6.45, 7) is 5.36. The summed E-state index contributed by atoms with van der Waals surface area (Å²) in [4.78, 5) is 19.3. The van der Waals surface area contributed by atoms with E-state index in [1.165, 1.54) is 6.42 Å². The Balaban J connectivity index is 1.66. The van der Waals surface area contributed by atoms with E-state index in [-0.39, 0.29) is 11.9 Å². The summed E-state index contributed by atoms with van der Waals surface area (Å²) in [5.41, 5.74) is 1.18. The fourth-order valence-corrected chi connectivity index (χ4v) is 3.76. The number of aliphatic hydroxyl groups is 1. The molecule has 5 nitrogen and oxygen atoms in total. The van der Waals surface area contributed by atoms with E-state index < -0.39 is 5.60 Å². The number of amides is 1. The lowest BCUT2D eigenvalue weighted by Gasteiger charge is -2.36. The molecule has 1 atom stereocenters. The van der Waals surface area contributed by atoms with Gasteiger partial charge in [0.15, 0.2) is 0 Å². The third kappa shape index (κ3) is 5.67. The number of likely N-dealkylation sites (tertiary alicyclic amines) is 1. The highest BCUT2D eigenvalue weighted by atomic mass is 16.3. The molecule has 1 saturated heterocycles. The molecule has 1 unspecified atom stereocenters. The smallest absolute Gasteiger partial charge is 0.254 e. The Morgan fingerprint density at radius 2 is 2.19 bits per heavy atom. The molecule has 1 aromatic heterocycles. The van der Waals surface area contributed by atoms with Crippen molar-refractivity contribution in [3.05, 3.63) is 54.1 Å². The van der Waals surface area contributed by atoms with Crippen LogP contribution in [0, 0.1) is 0 Å². The largest absolute Gasteiger partial charge is 0.390 e. The van der Waals surface area contributed by atoms with E-state index in [1.807, 2.05) is 50.6 Å². The van der Waals surface area contributed by atoms with Crippen molar-refractivity contribution in [2.45, 2.75) is 70.6 Å². The second kappa shape index (κ2) is 8.70. The van der Waals surface area contributed by atoms with Crippen molar-refractivity contribution in [2.24, 2.45) is 0 Å². The predicted molar refractivity (Wildman–Crippen MR) is 107 cm³/mol. The average molecular weight is 370 g/mol. The monoisotopic (exact) mass is 369 g/mol. The van der Waals surface area contributed by atoms with Gasteiger partial charge in [0.1, 0.15) is 0 Å². The van der Waals surface area contributed by atoms with Crippen LogP contribution in [0.4, 0.5) is 0 Å². The van der Waals surface area contributed by atoms with Crippen LogP contribution in [0.5, 0.6) is 0 Å². The molecular weight excluding hydrogens is 338 g/mol. The highest BCUT2D eigenvalue weighted by Crippen LogP contribution is 2.23. The van der Waals surface area contributed by atoms with Gasteiger partial charge in [-0.15, -0.1) is 0 Å². The normalized spacial score (nSPS) is 17.9. The van der Waals surface area contributed by atoms with Gasteiger partial charge in [0.2, 0.25) is 0 Å². The minimum Gasteiger partial charge on any atom is -0.390 e. The number of aryl methyl sites for hydroxylation is 2. The van der Waals surface area contributed by atoms with Gasteiger partial charge in [0, 0.05) is 37.1 Å². The molecule has 2 heterocycles. The summed E-state index contributed by atoms with van der Waals surface area (Å²) >= 11 is 0. The average Bonchev–Trinajstić information content (AvgIpc) is 3.18. The van der Waals surface area contributed by atoms with Gasteiger partial charge < -0.3 is 14.6 Å². The molecule has 3 rings (SSSR count). The van der Waals surface area contributed by atoms with Gasteiger partial charge in [-0.2, -0.15) is 0 Å². The summed E-state index contributed by atoms with van der Waals surface area (Å²) in [6, 6.07) is 8.19. The van der Waals surface area contributed by atoms with Crippen LogP contribution in [-0.2, 0) is 13.0 Å². The molecule has 0 bridgehead atoms. The number of imidazole rings is 1. The molecular formula is C22H31N3O2. The first-order valence-electron chi connectivity index (χ1n) is 10.0. The molecule has 1 aromatic carbocycles. The number of hydrogen-bond acceptors (Lipinski definition) is 3. The van der Waals surface area contributed by atoms with Crippen molar-refractivity contribution in [3.8, 4) is 0 Å². The number of rotatable bonds is 7. The molecule has 5 heteroatoms. The van der Waals surface area contributed by atoms with E-state index in [1.54, 1.807) is 6.20 Å². The van der Waals surface area contributed by atoms with Crippen molar-refractivity contribution in [1.29, 1.82) is 0 Å². The van der Waals surface area contributed by atoms with Gasteiger partial charge in [-0.1, -0.05) is 12.1 Å². The van der Waals surface area contributed by atoms with Crippen molar-refractivity contribution >= 4 is 5.91 Å². The van der Waals surface area contributed by atoms with Gasteiger partial charge in [0.05, 0.1) is 11.9 Å². The Morgan fingerprint density at radius 1 is 1.33 bits per heavy atom. The van der Waals surface area contributed by atoms with E-state index in [2.05, 4.69) is 14.5 Å². The van der Waals surface area contributed by atoms with Crippen LogP contribution in [0.15, 0.2) is 43.0 Å². The Bertz CT molecular complexity index is 734. The number of carbonyl (C=O) groups is 1. The van der Waals surface area contributed by atoms with Gasteiger partial charge in [-0.25, -0.2) is 4.98 Å². The molecule has 2 aromatic rings. The summed E-state index contributed by atoms with van der Waals surface area (Å²) in [5, 5.41) is 9.95. The number of piperidine rings is 1. The summed E-state index contributed by atoms with van der Waals surface area (Å²) in [7, 11) is 0. The van der Waals surface area contributed by atoms with Crippen molar-refractivity contribution < 1.29 is 9.90 Å². The van der Waals surface area contributed by atoms with E-state index in [9.17, 15) is 9.90 Å². The van der Waals surface area contributed by atoms with E-state index >= 15 is 0 Å². The Hall–Kier alpha value is -2.14. The third-order valence-electron chi connectivity index (χ3n) is 5.37. The summed E-state index contributed by atoms with van der Waals surface area (Å²) in [6.07, 6.45) is 11.3.